The number of hydrogen-bond donors (Lipinski definition) is 2. The third-order valence-electron chi connectivity index (χ3n) is 4.11. The summed E-state index contributed by atoms with van der Waals surface area (Å²) in [7, 11) is -3.68. The molecule has 0 unspecified atom stereocenters. The molecular weight excluding hydrogens is 416 g/mol. The Kier molecular flexibility index (Phi) is 4.92. The maximum Gasteiger partial charge on any atom is 0.263 e. The van der Waals surface area contributed by atoms with E-state index in [0.29, 0.717) is 16.7 Å². The van der Waals surface area contributed by atoms with E-state index in [1.165, 1.54) is 11.3 Å². The van der Waals surface area contributed by atoms with E-state index in [0.717, 1.165) is 22.5 Å². The largest absolute Gasteiger partial charge is 0.342 e. The predicted molar refractivity (Wildman–Crippen MR) is 112 cm³/mol. The van der Waals surface area contributed by atoms with Gasteiger partial charge in [0.05, 0.1) is 16.1 Å². The highest BCUT2D eigenvalue weighted by atomic mass is 35.5. The SMILES string of the molecule is Cc1[nH]c(-c2ccc(S(=O)(=O)Nc3cscn3)cc2)nc1-c1ccc(Cl)cc1. The fourth-order valence-corrected chi connectivity index (χ4v) is 4.42. The minimum absolute atomic E-state index is 0.158. The Bertz CT molecular complexity index is 1200. The molecule has 0 aliphatic rings. The van der Waals surface area contributed by atoms with Crippen LogP contribution in [0.25, 0.3) is 22.6 Å². The van der Waals surface area contributed by atoms with Crippen LogP contribution in [0.1, 0.15) is 5.69 Å². The molecule has 0 fully saturated rings. The fraction of sp³-hybridized carbons (Fsp3) is 0.0526. The van der Waals surface area contributed by atoms with Gasteiger partial charge in [0.1, 0.15) is 5.82 Å². The number of imidazole rings is 1. The van der Waals surface area contributed by atoms with E-state index < -0.39 is 10.0 Å². The Labute approximate surface area is 171 Å². The van der Waals surface area contributed by atoms with Crippen LogP contribution in [0.15, 0.2) is 64.3 Å². The number of nitrogens with one attached hydrogen (secondary N) is 2. The molecule has 4 aromatic rings. The number of rotatable bonds is 5. The van der Waals surface area contributed by atoms with Crippen LogP contribution in [-0.2, 0) is 10.0 Å². The van der Waals surface area contributed by atoms with Crippen LogP contribution < -0.4 is 4.72 Å². The van der Waals surface area contributed by atoms with Crippen LogP contribution in [0.2, 0.25) is 5.02 Å². The molecule has 2 aromatic carbocycles. The molecule has 2 N–H and O–H groups in total. The summed E-state index contributed by atoms with van der Waals surface area (Å²) in [4.78, 5) is 12.0. The molecule has 0 aliphatic heterocycles. The van der Waals surface area contributed by atoms with Gasteiger partial charge in [-0.1, -0.05) is 23.7 Å². The third kappa shape index (κ3) is 3.80. The van der Waals surface area contributed by atoms with Gasteiger partial charge in [0.25, 0.3) is 10.0 Å². The molecule has 0 amide bonds. The van der Waals surface area contributed by atoms with Crippen LogP contribution in [0, 0.1) is 6.92 Å². The maximum absolute atomic E-state index is 12.4. The van der Waals surface area contributed by atoms with E-state index in [1.807, 2.05) is 31.2 Å². The van der Waals surface area contributed by atoms with Gasteiger partial charge >= 0.3 is 0 Å². The molecule has 4 rings (SSSR count). The van der Waals surface area contributed by atoms with E-state index in [2.05, 4.69) is 19.7 Å². The Balaban J connectivity index is 1.61. The molecule has 0 aliphatic carbocycles. The Morgan fingerprint density at radius 1 is 1.04 bits per heavy atom. The molecular formula is C19H15ClN4O2S2. The van der Waals surface area contributed by atoms with Crippen LogP contribution in [0.3, 0.4) is 0 Å². The molecule has 9 heteroatoms. The Morgan fingerprint density at radius 2 is 1.71 bits per heavy atom. The van der Waals surface area contributed by atoms with Gasteiger partial charge in [-0.15, -0.1) is 11.3 Å². The fourth-order valence-electron chi connectivity index (χ4n) is 2.74. The van der Waals surface area contributed by atoms with E-state index >= 15 is 0 Å². The lowest BCUT2D eigenvalue weighted by atomic mass is 10.1. The summed E-state index contributed by atoms with van der Waals surface area (Å²) in [6, 6.07) is 14.0. The average Bonchev–Trinajstić information content (AvgIpc) is 3.32. The van der Waals surface area contributed by atoms with Gasteiger partial charge in [0.15, 0.2) is 5.82 Å². The molecule has 0 saturated heterocycles. The first-order chi connectivity index (χ1) is 13.4. The summed E-state index contributed by atoms with van der Waals surface area (Å²) in [6.45, 7) is 1.94. The van der Waals surface area contributed by atoms with Crippen molar-refractivity contribution < 1.29 is 8.42 Å². The summed E-state index contributed by atoms with van der Waals surface area (Å²) in [5.74, 6) is 0.974. The number of H-pyrrole nitrogens is 1. The first kappa shape index (κ1) is 18.7. The van der Waals surface area contributed by atoms with Gasteiger partial charge < -0.3 is 4.98 Å². The van der Waals surface area contributed by atoms with Crippen molar-refractivity contribution in [2.75, 3.05) is 4.72 Å². The van der Waals surface area contributed by atoms with Crippen molar-refractivity contribution in [1.29, 1.82) is 0 Å². The van der Waals surface area contributed by atoms with Crippen molar-refractivity contribution in [2.24, 2.45) is 0 Å². The summed E-state index contributed by atoms with van der Waals surface area (Å²) in [5.41, 5.74) is 5.05. The summed E-state index contributed by atoms with van der Waals surface area (Å²) in [5, 5.41) is 2.30. The molecule has 6 nitrogen and oxygen atoms in total. The van der Waals surface area contributed by atoms with Crippen LogP contribution in [0.5, 0.6) is 0 Å². The summed E-state index contributed by atoms with van der Waals surface area (Å²) in [6.07, 6.45) is 0. The second kappa shape index (κ2) is 7.38. The number of aromatic nitrogens is 3. The Hall–Kier alpha value is -2.68. The van der Waals surface area contributed by atoms with E-state index in [9.17, 15) is 8.42 Å². The molecule has 2 heterocycles. The molecule has 0 saturated carbocycles. The van der Waals surface area contributed by atoms with Gasteiger partial charge in [-0.05, 0) is 43.3 Å². The highest BCUT2D eigenvalue weighted by molar-refractivity contribution is 7.92. The number of thiazole rings is 1. The zero-order valence-corrected chi connectivity index (χ0v) is 17.1. The first-order valence-electron chi connectivity index (χ1n) is 8.26. The number of anilines is 1. The second-order valence-corrected chi connectivity index (χ2v) is 8.91. The van der Waals surface area contributed by atoms with Gasteiger partial charge in [0, 0.05) is 27.2 Å². The normalized spacial score (nSPS) is 11.5. The van der Waals surface area contributed by atoms with Crippen molar-refractivity contribution in [3.05, 3.63) is 70.1 Å². The van der Waals surface area contributed by atoms with Crippen molar-refractivity contribution >= 4 is 38.8 Å². The molecule has 0 bridgehead atoms. The minimum atomic E-state index is -3.68. The van der Waals surface area contributed by atoms with Gasteiger partial charge in [-0.2, -0.15) is 0 Å². The lowest BCUT2D eigenvalue weighted by Crippen LogP contribution is -2.12. The number of halogens is 1. The first-order valence-corrected chi connectivity index (χ1v) is 11.1. The lowest BCUT2D eigenvalue weighted by Gasteiger charge is -2.06. The highest BCUT2D eigenvalue weighted by Crippen LogP contribution is 2.27. The molecule has 0 radical (unpaired) electrons. The van der Waals surface area contributed by atoms with Gasteiger partial charge in [-0.3, -0.25) is 4.72 Å². The summed E-state index contributed by atoms with van der Waals surface area (Å²) < 4.78 is 27.3. The quantitative estimate of drug-likeness (QED) is 0.468. The van der Waals surface area contributed by atoms with Gasteiger partial charge in [0.2, 0.25) is 0 Å². The number of hydrogen-bond acceptors (Lipinski definition) is 5. The van der Waals surface area contributed by atoms with Gasteiger partial charge in [-0.25, -0.2) is 18.4 Å². The average molecular weight is 431 g/mol. The smallest absolute Gasteiger partial charge is 0.263 e. The highest BCUT2D eigenvalue weighted by Gasteiger charge is 2.16. The summed E-state index contributed by atoms with van der Waals surface area (Å²) >= 11 is 7.27. The van der Waals surface area contributed by atoms with Crippen LogP contribution in [0.4, 0.5) is 5.82 Å². The number of benzene rings is 2. The Morgan fingerprint density at radius 3 is 2.36 bits per heavy atom. The van der Waals surface area contributed by atoms with Crippen molar-refractivity contribution in [3.8, 4) is 22.6 Å². The zero-order chi connectivity index (χ0) is 19.7. The van der Waals surface area contributed by atoms with Crippen LogP contribution in [-0.4, -0.2) is 23.4 Å². The second-order valence-electron chi connectivity index (χ2n) is 6.07. The molecule has 0 atom stereocenters. The number of nitrogens with zero attached hydrogens (tertiary/aromatic N) is 2. The standard InChI is InChI=1S/C19H15ClN4O2S2/c1-12-18(13-2-6-15(20)7-3-13)23-19(22-12)14-4-8-16(9-5-14)28(25,26)24-17-10-27-11-21-17/h2-11,24H,1H3,(H,22,23). The van der Waals surface area contributed by atoms with Crippen molar-refractivity contribution in [2.45, 2.75) is 11.8 Å². The monoisotopic (exact) mass is 430 g/mol. The number of sulfonamides is 1. The van der Waals surface area contributed by atoms with E-state index in [4.69, 9.17) is 11.6 Å². The molecule has 28 heavy (non-hydrogen) atoms. The molecule has 2 aromatic heterocycles. The predicted octanol–water partition coefficient (Wildman–Crippen LogP) is 4.96. The zero-order valence-electron chi connectivity index (χ0n) is 14.7. The van der Waals surface area contributed by atoms with Crippen molar-refractivity contribution in [3.63, 3.8) is 0 Å². The van der Waals surface area contributed by atoms with E-state index in [1.54, 1.807) is 35.2 Å². The number of aromatic amines is 1. The van der Waals surface area contributed by atoms with Crippen molar-refractivity contribution in [1.82, 2.24) is 15.0 Å². The topological polar surface area (TPSA) is 87.7 Å². The lowest BCUT2D eigenvalue weighted by molar-refractivity contribution is 0.601. The third-order valence-corrected chi connectivity index (χ3v) is 6.32. The van der Waals surface area contributed by atoms with Crippen LogP contribution >= 0.6 is 22.9 Å². The van der Waals surface area contributed by atoms with E-state index in [-0.39, 0.29) is 4.90 Å². The molecule has 142 valence electrons. The molecule has 0 spiro atoms. The minimum Gasteiger partial charge on any atom is -0.342 e. The maximum atomic E-state index is 12.4. The number of aryl methyl sites for hydroxylation is 1.